The first-order chi connectivity index (χ1) is 10.0. The molecule has 2 rings (SSSR count). The molecule has 1 aromatic heterocycles. The molecule has 0 bridgehead atoms. The molecule has 0 aliphatic carbocycles. The zero-order valence-corrected chi connectivity index (χ0v) is 13.5. The Hall–Kier alpha value is -1.68. The molecule has 0 saturated heterocycles. The van der Waals surface area contributed by atoms with Gasteiger partial charge in [0.2, 0.25) is 0 Å². The maximum Gasteiger partial charge on any atom is 0.308 e. The Morgan fingerprint density at radius 3 is 2.38 bits per heavy atom. The Morgan fingerprint density at radius 1 is 1.24 bits per heavy atom. The molecule has 0 amide bonds. The fourth-order valence-electron chi connectivity index (χ4n) is 2.78. The van der Waals surface area contributed by atoms with Crippen molar-refractivity contribution in [1.29, 1.82) is 0 Å². The van der Waals surface area contributed by atoms with E-state index in [1.807, 2.05) is 25.1 Å². The Balaban J connectivity index is 2.51. The molecule has 1 N–H and O–H groups in total. The van der Waals surface area contributed by atoms with Gasteiger partial charge in [0.05, 0.1) is 12.1 Å². The van der Waals surface area contributed by atoms with Crippen LogP contribution < -0.4 is 0 Å². The number of thiazole rings is 1. The third-order valence-corrected chi connectivity index (χ3v) is 5.51. The Bertz CT molecular complexity index is 615. The van der Waals surface area contributed by atoms with Crippen molar-refractivity contribution < 1.29 is 9.90 Å². The quantitative estimate of drug-likeness (QED) is 0.870. The lowest BCUT2D eigenvalue weighted by Crippen LogP contribution is -2.25. The summed E-state index contributed by atoms with van der Waals surface area (Å²) in [6.45, 7) is 6.24. The van der Waals surface area contributed by atoms with E-state index in [0.29, 0.717) is 0 Å². The van der Waals surface area contributed by atoms with E-state index in [0.717, 1.165) is 28.4 Å². The van der Waals surface area contributed by atoms with Crippen molar-refractivity contribution in [2.75, 3.05) is 0 Å². The van der Waals surface area contributed by atoms with Crippen LogP contribution in [0.3, 0.4) is 0 Å². The van der Waals surface area contributed by atoms with Crippen LogP contribution in [0, 0.1) is 6.92 Å². The number of aryl methyl sites for hydroxylation is 1. The number of hydrogen-bond acceptors (Lipinski definition) is 3. The van der Waals surface area contributed by atoms with Crippen LogP contribution in [0.4, 0.5) is 0 Å². The van der Waals surface area contributed by atoms with Crippen molar-refractivity contribution in [2.24, 2.45) is 0 Å². The molecule has 21 heavy (non-hydrogen) atoms. The van der Waals surface area contributed by atoms with Gasteiger partial charge in [0, 0.05) is 10.3 Å². The Labute approximate surface area is 129 Å². The number of carboxylic acids is 1. The van der Waals surface area contributed by atoms with E-state index in [1.54, 1.807) is 11.3 Å². The Kier molecular flexibility index (Phi) is 4.78. The smallest absolute Gasteiger partial charge is 0.308 e. The monoisotopic (exact) mass is 303 g/mol. The van der Waals surface area contributed by atoms with Gasteiger partial charge in [-0.1, -0.05) is 44.2 Å². The third kappa shape index (κ3) is 3.00. The maximum absolute atomic E-state index is 11.0. The summed E-state index contributed by atoms with van der Waals surface area (Å²) < 4.78 is 0. The molecule has 0 unspecified atom stereocenters. The summed E-state index contributed by atoms with van der Waals surface area (Å²) in [5.41, 5.74) is 1.98. The average molecular weight is 303 g/mol. The van der Waals surface area contributed by atoms with E-state index >= 15 is 0 Å². The van der Waals surface area contributed by atoms with Crippen LogP contribution in [-0.2, 0) is 16.6 Å². The van der Waals surface area contributed by atoms with E-state index in [9.17, 15) is 4.79 Å². The molecular weight excluding hydrogens is 282 g/mol. The lowest BCUT2D eigenvalue weighted by atomic mass is 9.76. The zero-order chi connectivity index (χ0) is 15.5. The molecule has 4 heteroatoms. The lowest BCUT2D eigenvalue weighted by Gasteiger charge is -2.30. The highest BCUT2D eigenvalue weighted by atomic mass is 32.1. The van der Waals surface area contributed by atoms with Gasteiger partial charge in [-0.25, -0.2) is 4.98 Å². The van der Waals surface area contributed by atoms with Crippen LogP contribution in [0.15, 0.2) is 30.3 Å². The van der Waals surface area contributed by atoms with Crippen molar-refractivity contribution >= 4 is 17.3 Å². The first-order valence-electron chi connectivity index (χ1n) is 7.27. The summed E-state index contributed by atoms with van der Waals surface area (Å²) in [5.74, 6) is -0.799. The number of carboxylic acid groups (broad SMARTS) is 1. The molecule has 0 fully saturated rings. The average Bonchev–Trinajstić information content (AvgIpc) is 2.83. The second-order valence-electron chi connectivity index (χ2n) is 5.25. The molecule has 0 aliphatic heterocycles. The number of benzene rings is 1. The predicted molar refractivity (Wildman–Crippen MR) is 86.0 cm³/mol. The van der Waals surface area contributed by atoms with Crippen molar-refractivity contribution in [3.63, 3.8) is 0 Å². The van der Waals surface area contributed by atoms with E-state index in [-0.39, 0.29) is 11.8 Å². The summed E-state index contributed by atoms with van der Waals surface area (Å²) in [6, 6.07) is 10.4. The highest BCUT2D eigenvalue weighted by Crippen LogP contribution is 2.41. The standard InChI is InChI=1S/C17H21NO2S/c1-4-17(5-2,13-9-7-6-8-10-13)16-18-12(3)14(21-16)11-15(19)20/h6-10H,4-5,11H2,1-3H3,(H,19,20). The molecule has 0 saturated carbocycles. The van der Waals surface area contributed by atoms with E-state index in [2.05, 4.69) is 26.0 Å². The highest BCUT2D eigenvalue weighted by Gasteiger charge is 2.34. The predicted octanol–water partition coefficient (Wildman–Crippen LogP) is 4.18. The summed E-state index contributed by atoms with van der Waals surface area (Å²) in [4.78, 5) is 16.5. The van der Waals surface area contributed by atoms with Gasteiger partial charge >= 0.3 is 5.97 Å². The van der Waals surface area contributed by atoms with E-state index in [1.165, 1.54) is 5.56 Å². The normalized spacial score (nSPS) is 11.6. The van der Waals surface area contributed by atoms with Crippen LogP contribution in [0.25, 0.3) is 0 Å². The van der Waals surface area contributed by atoms with Gasteiger partial charge in [-0.2, -0.15) is 0 Å². The molecular formula is C17H21NO2S. The second-order valence-corrected chi connectivity index (χ2v) is 6.34. The minimum atomic E-state index is -0.799. The molecule has 0 radical (unpaired) electrons. The van der Waals surface area contributed by atoms with Crippen molar-refractivity contribution in [3.05, 3.63) is 51.5 Å². The van der Waals surface area contributed by atoms with Gasteiger partial charge in [0.25, 0.3) is 0 Å². The summed E-state index contributed by atoms with van der Waals surface area (Å²) in [5, 5.41) is 10.0. The number of aromatic nitrogens is 1. The van der Waals surface area contributed by atoms with Crippen molar-refractivity contribution in [1.82, 2.24) is 4.98 Å². The molecule has 0 atom stereocenters. The first-order valence-corrected chi connectivity index (χ1v) is 8.09. The van der Waals surface area contributed by atoms with Crippen LogP contribution in [-0.4, -0.2) is 16.1 Å². The van der Waals surface area contributed by atoms with Gasteiger partial charge in [-0.15, -0.1) is 11.3 Å². The summed E-state index contributed by atoms with van der Waals surface area (Å²) >= 11 is 1.55. The summed E-state index contributed by atoms with van der Waals surface area (Å²) in [6.07, 6.45) is 1.96. The molecule has 112 valence electrons. The van der Waals surface area contributed by atoms with E-state index in [4.69, 9.17) is 10.1 Å². The Morgan fingerprint density at radius 2 is 1.86 bits per heavy atom. The molecule has 0 spiro atoms. The minimum absolute atomic E-state index is 0.0573. The number of nitrogens with zero attached hydrogens (tertiary/aromatic N) is 1. The van der Waals surface area contributed by atoms with Gasteiger partial charge in [0.15, 0.2) is 0 Å². The third-order valence-electron chi connectivity index (χ3n) is 4.15. The SMILES string of the molecule is CCC(CC)(c1ccccc1)c1nc(C)c(CC(=O)O)s1. The van der Waals surface area contributed by atoms with Crippen LogP contribution in [0.2, 0.25) is 0 Å². The second kappa shape index (κ2) is 6.39. The molecule has 1 heterocycles. The van der Waals surface area contributed by atoms with Gasteiger partial charge < -0.3 is 5.11 Å². The fraction of sp³-hybridized carbons (Fsp3) is 0.412. The van der Waals surface area contributed by atoms with Crippen LogP contribution >= 0.6 is 11.3 Å². The number of carbonyl (C=O) groups is 1. The topological polar surface area (TPSA) is 50.2 Å². The largest absolute Gasteiger partial charge is 0.481 e. The highest BCUT2D eigenvalue weighted by molar-refractivity contribution is 7.12. The first kappa shape index (κ1) is 15.7. The molecule has 2 aromatic rings. The van der Waals surface area contributed by atoms with Crippen molar-refractivity contribution in [2.45, 2.75) is 45.4 Å². The molecule has 3 nitrogen and oxygen atoms in total. The van der Waals surface area contributed by atoms with Crippen molar-refractivity contribution in [3.8, 4) is 0 Å². The maximum atomic E-state index is 11.0. The number of aliphatic carboxylic acids is 1. The van der Waals surface area contributed by atoms with Gasteiger partial charge in [-0.3, -0.25) is 4.79 Å². The van der Waals surface area contributed by atoms with Crippen LogP contribution in [0.1, 0.15) is 47.8 Å². The minimum Gasteiger partial charge on any atom is -0.481 e. The van der Waals surface area contributed by atoms with Crippen LogP contribution in [0.5, 0.6) is 0 Å². The number of hydrogen-bond donors (Lipinski definition) is 1. The molecule has 0 aliphatic rings. The number of rotatable bonds is 6. The van der Waals surface area contributed by atoms with Gasteiger partial charge in [0.1, 0.15) is 5.01 Å². The zero-order valence-electron chi connectivity index (χ0n) is 12.7. The van der Waals surface area contributed by atoms with Gasteiger partial charge in [-0.05, 0) is 25.3 Å². The lowest BCUT2D eigenvalue weighted by molar-refractivity contribution is -0.136. The molecule has 1 aromatic carbocycles. The van der Waals surface area contributed by atoms with E-state index < -0.39 is 5.97 Å². The fourth-order valence-corrected chi connectivity index (χ4v) is 4.18. The summed E-state index contributed by atoms with van der Waals surface area (Å²) in [7, 11) is 0.